The minimum atomic E-state index is 0.643. The van der Waals surface area contributed by atoms with Gasteiger partial charge < -0.3 is 5.32 Å². The minimum absolute atomic E-state index is 0.643. The van der Waals surface area contributed by atoms with Crippen LogP contribution < -0.4 is 5.32 Å². The van der Waals surface area contributed by atoms with E-state index in [0.29, 0.717) is 6.04 Å². The molecule has 0 fully saturated rings. The number of nitrogens with one attached hydrogen (secondary N) is 1. The number of hydrogen-bond donors (Lipinski definition) is 1. The second-order valence-electron chi connectivity index (χ2n) is 4.55. The third-order valence-electron chi connectivity index (χ3n) is 3.36. The van der Waals surface area contributed by atoms with Crippen molar-refractivity contribution < 1.29 is 0 Å². The summed E-state index contributed by atoms with van der Waals surface area (Å²) in [6, 6.07) is 0.643. The van der Waals surface area contributed by atoms with E-state index < -0.39 is 0 Å². The summed E-state index contributed by atoms with van der Waals surface area (Å²) in [5.74, 6) is 0. The van der Waals surface area contributed by atoms with Crippen LogP contribution in [0, 0.1) is 13.8 Å². The first-order valence-corrected chi connectivity index (χ1v) is 6.32. The van der Waals surface area contributed by atoms with E-state index in [0.717, 1.165) is 12.2 Å². The molecule has 0 aliphatic carbocycles. The number of rotatable bonds is 6. The Morgan fingerprint density at radius 1 is 1.31 bits per heavy atom. The van der Waals surface area contributed by atoms with Gasteiger partial charge in [-0.3, -0.25) is 4.68 Å². The van der Waals surface area contributed by atoms with E-state index in [9.17, 15) is 0 Å². The third kappa shape index (κ3) is 3.08. The van der Waals surface area contributed by atoms with Crippen molar-refractivity contribution in [3.05, 3.63) is 17.0 Å². The molecule has 0 saturated heterocycles. The van der Waals surface area contributed by atoms with Gasteiger partial charge in [-0.1, -0.05) is 20.3 Å². The second kappa shape index (κ2) is 6.04. The highest BCUT2D eigenvalue weighted by Gasteiger charge is 2.11. The van der Waals surface area contributed by atoms with E-state index in [2.05, 4.69) is 38.1 Å². The average Bonchev–Trinajstić information content (AvgIpc) is 2.49. The fourth-order valence-electron chi connectivity index (χ4n) is 2.12. The Morgan fingerprint density at radius 2 is 2.00 bits per heavy atom. The van der Waals surface area contributed by atoms with E-state index in [1.807, 2.05) is 11.7 Å². The summed E-state index contributed by atoms with van der Waals surface area (Å²) in [4.78, 5) is 0. The van der Waals surface area contributed by atoms with Crippen LogP contribution >= 0.6 is 0 Å². The Kier molecular flexibility index (Phi) is 5.00. The third-order valence-corrected chi connectivity index (χ3v) is 3.36. The molecule has 92 valence electrons. The number of nitrogens with zero attached hydrogens (tertiary/aromatic N) is 2. The van der Waals surface area contributed by atoms with Crippen molar-refractivity contribution in [2.45, 2.75) is 59.5 Å². The van der Waals surface area contributed by atoms with Crippen LogP contribution in [0.25, 0.3) is 0 Å². The molecule has 0 saturated carbocycles. The summed E-state index contributed by atoms with van der Waals surface area (Å²) in [5, 5.41) is 8.07. The van der Waals surface area contributed by atoms with Crippen molar-refractivity contribution >= 4 is 0 Å². The van der Waals surface area contributed by atoms with Gasteiger partial charge >= 0.3 is 0 Å². The van der Waals surface area contributed by atoms with Crippen molar-refractivity contribution in [3.8, 4) is 0 Å². The zero-order valence-corrected chi connectivity index (χ0v) is 11.3. The monoisotopic (exact) mass is 223 g/mol. The van der Waals surface area contributed by atoms with Crippen molar-refractivity contribution in [2.75, 3.05) is 0 Å². The van der Waals surface area contributed by atoms with Crippen LogP contribution in [0.2, 0.25) is 0 Å². The molecule has 0 amide bonds. The van der Waals surface area contributed by atoms with Crippen LogP contribution in [-0.4, -0.2) is 15.8 Å². The molecule has 1 N–H and O–H groups in total. The predicted molar refractivity (Wildman–Crippen MR) is 68.5 cm³/mol. The van der Waals surface area contributed by atoms with Gasteiger partial charge in [-0.2, -0.15) is 5.10 Å². The van der Waals surface area contributed by atoms with Gasteiger partial charge in [0.25, 0.3) is 0 Å². The molecule has 0 aromatic carbocycles. The molecule has 0 aliphatic rings. The van der Waals surface area contributed by atoms with Crippen LogP contribution in [0.5, 0.6) is 0 Å². The van der Waals surface area contributed by atoms with Crippen molar-refractivity contribution in [3.63, 3.8) is 0 Å². The van der Waals surface area contributed by atoms with E-state index in [1.165, 1.54) is 30.5 Å². The fraction of sp³-hybridized carbons (Fsp3) is 0.769. The lowest BCUT2D eigenvalue weighted by atomic mass is 10.1. The van der Waals surface area contributed by atoms with E-state index in [4.69, 9.17) is 0 Å². The van der Waals surface area contributed by atoms with Gasteiger partial charge in [0.15, 0.2) is 0 Å². The van der Waals surface area contributed by atoms with Gasteiger partial charge in [0.05, 0.1) is 5.69 Å². The largest absolute Gasteiger partial charge is 0.310 e. The highest BCUT2D eigenvalue weighted by atomic mass is 15.3. The zero-order valence-electron chi connectivity index (χ0n) is 11.3. The Morgan fingerprint density at radius 3 is 2.44 bits per heavy atom. The van der Waals surface area contributed by atoms with Gasteiger partial charge in [-0.15, -0.1) is 0 Å². The minimum Gasteiger partial charge on any atom is -0.310 e. The lowest BCUT2D eigenvalue weighted by Crippen LogP contribution is -2.28. The van der Waals surface area contributed by atoms with Gasteiger partial charge in [0.2, 0.25) is 0 Å². The van der Waals surface area contributed by atoms with Crippen molar-refractivity contribution in [2.24, 2.45) is 7.05 Å². The summed E-state index contributed by atoms with van der Waals surface area (Å²) in [6.07, 6.45) is 3.71. The van der Waals surface area contributed by atoms with Crippen molar-refractivity contribution in [1.82, 2.24) is 15.1 Å². The molecule has 0 spiro atoms. The molecule has 1 heterocycles. The molecule has 1 unspecified atom stereocenters. The summed E-state index contributed by atoms with van der Waals surface area (Å²) in [7, 11) is 2.01. The van der Waals surface area contributed by atoms with Crippen LogP contribution in [0.3, 0.4) is 0 Å². The van der Waals surface area contributed by atoms with E-state index in [-0.39, 0.29) is 0 Å². The molecule has 1 rings (SSSR count). The number of aryl methyl sites for hydroxylation is 2. The van der Waals surface area contributed by atoms with Gasteiger partial charge in [-0.25, -0.2) is 0 Å². The molecule has 0 bridgehead atoms. The normalized spacial score (nSPS) is 13.1. The summed E-state index contributed by atoms with van der Waals surface area (Å²) in [5.41, 5.74) is 3.78. The first kappa shape index (κ1) is 13.2. The van der Waals surface area contributed by atoms with Crippen LogP contribution in [0.4, 0.5) is 0 Å². The molecular formula is C13H25N3. The molecule has 3 heteroatoms. The highest BCUT2D eigenvalue weighted by Crippen LogP contribution is 2.12. The Balaban J connectivity index is 2.59. The highest BCUT2D eigenvalue weighted by molar-refractivity contribution is 5.24. The standard InChI is InChI=1S/C13H25N3/c1-6-8-12(7-2)14-9-13-10(3)15-16(5)11(13)4/h12,14H,6-9H2,1-5H3. The van der Waals surface area contributed by atoms with Gasteiger partial charge in [0, 0.05) is 30.9 Å². The first-order chi connectivity index (χ1) is 7.60. The second-order valence-corrected chi connectivity index (χ2v) is 4.55. The number of hydrogen-bond acceptors (Lipinski definition) is 2. The summed E-state index contributed by atoms with van der Waals surface area (Å²) < 4.78 is 1.97. The molecule has 1 aromatic rings. The lowest BCUT2D eigenvalue weighted by Gasteiger charge is -2.16. The molecule has 0 aliphatic heterocycles. The zero-order chi connectivity index (χ0) is 12.1. The first-order valence-electron chi connectivity index (χ1n) is 6.32. The number of aromatic nitrogens is 2. The topological polar surface area (TPSA) is 29.9 Å². The Bertz CT molecular complexity index is 328. The quantitative estimate of drug-likeness (QED) is 0.803. The Labute approximate surface area is 99.2 Å². The average molecular weight is 223 g/mol. The molecule has 1 aromatic heterocycles. The summed E-state index contributed by atoms with van der Waals surface area (Å²) >= 11 is 0. The molecular weight excluding hydrogens is 198 g/mol. The maximum Gasteiger partial charge on any atom is 0.0641 e. The smallest absolute Gasteiger partial charge is 0.0641 e. The molecule has 3 nitrogen and oxygen atoms in total. The van der Waals surface area contributed by atoms with E-state index >= 15 is 0 Å². The van der Waals surface area contributed by atoms with Gasteiger partial charge in [-0.05, 0) is 26.7 Å². The summed E-state index contributed by atoms with van der Waals surface area (Å²) in [6.45, 7) is 9.66. The van der Waals surface area contributed by atoms with Crippen LogP contribution in [0.15, 0.2) is 0 Å². The van der Waals surface area contributed by atoms with E-state index in [1.54, 1.807) is 0 Å². The fourth-order valence-corrected chi connectivity index (χ4v) is 2.12. The predicted octanol–water partition coefficient (Wildman–Crippen LogP) is 2.71. The van der Waals surface area contributed by atoms with Crippen molar-refractivity contribution in [1.29, 1.82) is 0 Å². The Hall–Kier alpha value is -0.830. The maximum atomic E-state index is 4.44. The van der Waals surface area contributed by atoms with Crippen LogP contribution in [0.1, 0.15) is 50.1 Å². The van der Waals surface area contributed by atoms with Gasteiger partial charge in [0.1, 0.15) is 0 Å². The SMILES string of the molecule is CCCC(CC)NCc1c(C)nn(C)c1C. The maximum absolute atomic E-state index is 4.44. The lowest BCUT2D eigenvalue weighted by molar-refractivity contribution is 0.461. The molecule has 0 radical (unpaired) electrons. The van der Waals surface area contributed by atoms with Crippen LogP contribution in [-0.2, 0) is 13.6 Å². The molecule has 1 atom stereocenters. The molecule has 16 heavy (non-hydrogen) atoms.